The van der Waals surface area contributed by atoms with Crippen LogP contribution in [0.5, 0.6) is 0 Å². The lowest BCUT2D eigenvalue weighted by atomic mass is 9.95. The molecule has 9 nitrogen and oxygen atoms in total. The van der Waals surface area contributed by atoms with Gasteiger partial charge in [-0.05, 0) is 36.6 Å². The highest BCUT2D eigenvalue weighted by atomic mass is 19.4. The number of anilines is 1. The Kier molecular flexibility index (Phi) is 8.03. The van der Waals surface area contributed by atoms with Crippen molar-refractivity contribution in [1.29, 1.82) is 0 Å². The Labute approximate surface area is 193 Å². The molecular formula is C22H24F3N5O4. The van der Waals surface area contributed by atoms with Gasteiger partial charge in [-0.3, -0.25) is 24.7 Å². The van der Waals surface area contributed by atoms with Crippen LogP contribution in [0.3, 0.4) is 0 Å². The molecule has 0 aliphatic carbocycles. The van der Waals surface area contributed by atoms with Crippen molar-refractivity contribution in [3.8, 4) is 0 Å². The van der Waals surface area contributed by atoms with E-state index in [1.54, 1.807) is 23.4 Å². The van der Waals surface area contributed by atoms with Crippen LogP contribution < -0.4 is 10.6 Å². The zero-order valence-corrected chi connectivity index (χ0v) is 18.2. The molecule has 0 unspecified atom stereocenters. The number of pyridine rings is 1. The Bertz CT molecular complexity index is 1020. The second-order valence-corrected chi connectivity index (χ2v) is 7.90. The second-order valence-electron chi connectivity index (χ2n) is 7.90. The number of amides is 2. The highest BCUT2D eigenvalue weighted by molar-refractivity contribution is 5.80. The number of carbonyl (C=O) groups is 2. The molecule has 2 aromatic rings. The zero-order valence-electron chi connectivity index (χ0n) is 18.2. The molecule has 12 heteroatoms. The van der Waals surface area contributed by atoms with Crippen LogP contribution >= 0.6 is 0 Å². The number of nitrogens with zero attached hydrogens (tertiary/aromatic N) is 3. The average molecular weight is 479 g/mol. The highest BCUT2D eigenvalue weighted by Gasteiger charge is 2.33. The molecule has 2 heterocycles. The van der Waals surface area contributed by atoms with Gasteiger partial charge in [-0.1, -0.05) is 6.07 Å². The Balaban J connectivity index is 1.44. The van der Waals surface area contributed by atoms with Crippen molar-refractivity contribution in [2.24, 2.45) is 5.92 Å². The van der Waals surface area contributed by atoms with Gasteiger partial charge in [0.05, 0.1) is 10.5 Å². The molecule has 2 N–H and O–H groups in total. The maximum Gasteiger partial charge on any atom is 0.416 e. The van der Waals surface area contributed by atoms with E-state index in [4.69, 9.17) is 0 Å². The normalized spacial score (nSPS) is 14.5. The smallest absolute Gasteiger partial charge is 0.379 e. The van der Waals surface area contributed by atoms with Crippen molar-refractivity contribution in [3.63, 3.8) is 0 Å². The van der Waals surface area contributed by atoms with Gasteiger partial charge in [-0.15, -0.1) is 0 Å². The minimum Gasteiger partial charge on any atom is -0.379 e. The fraction of sp³-hybridized carbons (Fsp3) is 0.409. The molecule has 1 aliphatic heterocycles. The van der Waals surface area contributed by atoms with E-state index >= 15 is 0 Å². The first-order valence-corrected chi connectivity index (χ1v) is 10.7. The summed E-state index contributed by atoms with van der Waals surface area (Å²) in [5, 5.41) is 16.7. The number of piperidine rings is 1. The third kappa shape index (κ3) is 6.65. The number of alkyl halides is 3. The molecule has 1 aliphatic rings. The minimum absolute atomic E-state index is 0.00997. The summed E-state index contributed by atoms with van der Waals surface area (Å²) in [6, 6.07) is 5.86. The molecule has 1 aromatic heterocycles. The molecule has 1 aromatic carbocycles. The summed E-state index contributed by atoms with van der Waals surface area (Å²) in [5.74, 6) is -0.475. The Morgan fingerprint density at radius 2 is 1.94 bits per heavy atom. The first-order chi connectivity index (χ1) is 16.1. The van der Waals surface area contributed by atoms with Crippen LogP contribution in [0.25, 0.3) is 0 Å². The zero-order chi connectivity index (χ0) is 24.7. The van der Waals surface area contributed by atoms with Crippen molar-refractivity contribution in [2.75, 3.05) is 25.0 Å². The number of benzene rings is 1. The first kappa shape index (κ1) is 24.9. The van der Waals surface area contributed by atoms with E-state index in [2.05, 4.69) is 15.6 Å². The SMILES string of the molecule is O=C(NCc1cccnc1)C1CCN(C(=O)CCNc2ccc(C(F)(F)F)cc2[N+](=O)[O-])CC1. The van der Waals surface area contributed by atoms with E-state index in [1.165, 1.54) is 0 Å². The van der Waals surface area contributed by atoms with E-state index < -0.39 is 22.4 Å². The molecule has 0 radical (unpaired) electrons. The van der Waals surface area contributed by atoms with Gasteiger partial charge in [0.1, 0.15) is 5.69 Å². The summed E-state index contributed by atoms with van der Waals surface area (Å²) in [6.45, 7) is 1.22. The van der Waals surface area contributed by atoms with Gasteiger partial charge in [0.15, 0.2) is 0 Å². The van der Waals surface area contributed by atoms with E-state index in [0.717, 1.165) is 17.7 Å². The van der Waals surface area contributed by atoms with Crippen LogP contribution in [0.2, 0.25) is 0 Å². The lowest BCUT2D eigenvalue weighted by molar-refractivity contribution is -0.384. The molecule has 34 heavy (non-hydrogen) atoms. The summed E-state index contributed by atoms with van der Waals surface area (Å²) in [5.41, 5.74) is -1.02. The summed E-state index contributed by atoms with van der Waals surface area (Å²) in [6.07, 6.45) is -0.324. The number of rotatable bonds is 8. The van der Waals surface area contributed by atoms with Crippen LogP contribution in [-0.4, -0.2) is 46.3 Å². The Hall–Kier alpha value is -3.70. The van der Waals surface area contributed by atoms with E-state index in [9.17, 15) is 32.9 Å². The number of hydrogen-bond acceptors (Lipinski definition) is 6. The predicted molar refractivity (Wildman–Crippen MR) is 117 cm³/mol. The average Bonchev–Trinajstić information content (AvgIpc) is 2.82. The topological polar surface area (TPSA) is 117 Å². The summed E-state index contributed by atoms with van der Waals surface area (Å²) in [4.78, 5) is 40.7. The van der Waals surface area contributed by atoms with Gasteiger partial charge in [-0.25, -0.2) is 0 Å². The third-order valence-electron chi connectivity index (χ3n) is 5.58. The summed E-state index contributed by atoms with van der Waals surface area (Å²) < 4.78 is 38.4. The highest BCUT2D eigenvalue weighted by Crippen LogP contribution is 2.35. The molecule has 0 bridgehead atoms. The number of likely N-dealkylation sites (tertiary alicyclic amines) is 1. The number of halogens is 3. The fourth-order valence-corrected chi connectivity index (χ4v) is 3.70. The van der Waals surface area contributed by atoms with Crippen molar-refractivity contribution < 1.29 is 27.7 Å². The number of aromatic nitrogens is 1. The van der Waals surface area contributed by atoms with Gasteiger partial charge in [0, 0.05) is 57.0 Å². The summed E-state index contributed by atoms with van der Waals surface area (Å²) in [7, 11) is 0. The Morgan fingerprint density at radius 3 is 2.56 bits per heavy atom. The molecule has 2 amide bonds. The van der Waals surface area contributed by atoms with Crippen LogP contribution in [0.1, 0.15) is 30.4 Å². The molecule has 182 valence electrons. The number of hydrogen-bond donors (Lipinski definition) is 2. The number of carbonyl (C=O) groups excluding carboxylic acids is 2. The molecule has 0 spiro atoms. The maximum atomic E-state index is 12.8. The van der Waals surface area contributed by atoms with Crippen molar-refractivity contribution in [3.05, 3.63) is 64.0 Å². The van der Waals surface area contributed by atoms with E-state index in [-0.39, 0.29) is 36.4 Å². The maximum absolute atomic E-state index is 12.8. The van der Waals surface area contributed by atoms with Gasteiger partial charge < -0.3 is 15.5 Å². The molecule has 0 atom stereocenters. The molecule has 1 fully saturated rings. The third-order valence-corrected chi connectivity index (χ3v) is 5.58. The fourth-order valence-electron chi connectivity index (χ4n) is 3.70. The standard InChI is InChI=1S/C22H24F3N5O4/c23-22(24,25)17-3-4-18(19(12-17)30(33)34)27-9-5-20(31)29-10-6-16(7-11-29)21(32)28-14-15-2-1-8-26-13-15/h1-4,8,12-13,16,27H,5-7,9-11,14H2,(H,28,32). The van der Waals surface area contributed by atoms with E-state index in [0.29, 0.717) is 38.5 Å². The number of nitro groups is 1. The van der Waals surface area contributed by atoms with Crippen molar-refractivity contribution in [2.45, 2.75) is 32.0 Å². The minimum atomic E-state index is -4.69. The van der Waals surface area contributed by atoms with Crippen molar-refractivity contribution in [1.82, 2.24) is 15.2 Å². The lowest BCUT2D eigenvalue weighted by Gasteiger charge is -2.31. The van der Waals surface area contributed by atoms with Crippen LogP contribution in [-0.2, 0) is 22.3 Å². The molecular weight excluding hydrogens is 455 g/mol. The Morgan fingerprint density at radius 1 is 1.21 bits per heavy atom. The van der Waals surface area contributed by atoms with Crippen molar-refractivity contribution >= 4 is 23.2 Å². The van der Waals surface area contributed by atoms with Crippen LogP contribution in [0, 0.1) is 16.0 Å². The first-order valence-electron chi connectivity index (χ1n) is 10.7. The van der Waals surface area contributed by atoms with Gasteiger partial charge in [0.2, 0.25) is 11.8 Å². The number of nitrogens with one attached hydrogen (secondary N) is 2. The molecule has 0 saturated carbocycles. The van der Waals surface area contributed by atoms with Crippen LogP contribution in [0.15, 0.2) is 42.7 Å². The monoisotopic (exact) mass is 479 g/mol. The predicted octanol–water partition coefficient (Wildman–Crippen LogP) is 3.37. The second kappa shape index (κ2) is 10.9. The van der Waals surface area contributed by atoms with Gasteiger partial charge in [-0.2, -0.15) is 13.2 Å². The molecule has 1 saturated heterocycles. The van der Waals surface area contributed by atoms with Crippen LogP contribution in [0.4, 0.5) is 24.5 Å². The van der Waals surface area contributed by atoms with E-state index in [1.807, 2.05) is 6.07 Å². The quantitative estimate of drug-likeness (QED) is 0.443. The summed E-state index contributed by atoms with van der Waals surface area (Å²) >= 11 is 0. The van der Waals surface area contributed by atoms with Gasteiger partial charge in [0.25, 0.3) is 5.69 Å². The van der Waals surface area contributed by atoms with Gasteiger partial charge >= 0.3 is 6.18 Å². The lowest BCUT2D eigenvalue weighted by Crippen LogP contribution is -2.43. The molecule has 3 rings (SSSR count). The number of nitro benzene ring substituents is 1. The largest absolute Gasteiger partial charge is 0.416 e.